The van der Waals surface area contributed by atoms with Crippen molar-refractivity contribution >= 4 is 75.9 Å². The molecule has 6 aromatic rings. The fourth-order valence-corrected chi connectivity index (χ4v) is 12.3. The fourth-order valence-electron chi connectivity index (χ4n) is 8.47. The van der Waals surface area contributed by atoms with Crippen molar-refractivity contribution in [3.05, 3.63) is 215 Å². The first-order valence-electron chi connectivity index (χ1n) is 24.7. The summed E-state index contributed by atoms with van der Waals surface area (Å²) in [6.45, 7) is 5.75. The molecule has 0 saturated carbocycles. The van der Waals surface area contributed by atoms with E-state index in [9.17, 15) is 4.79 Å². The zero-order chi connectivity index (χ0) is 51.7. The number of hydrogen-bond donors (Lipinski definition) is 0. The van der Waals surface area contributed by atoms with Crippen LogP contribution in [0.5, 0.6) is 0 Å². The summed E-state index contributed by atoms with van der Waals surface area (Å²) in [6.07, 6.45) is -6.67. The highest BCUT2D eigenvalue weighted by Gasteiger charge is 2.50. The highest BCUT2D eigenvalue weighted by Crippen LogP contribution is 2.65. The molecule has 0 radical (unpaired) electrons. The van der Waals surface area contributed by atoms with Gasteiger partial charge in [0.2, 0.25) is 0 Å². The summed E-state index contributed by atoms with van der Waals surface area (Å²) >= 11 is 7.81. The second kappa shape index (κ2) is 32.7. The Balaban J connectivity index is 1.26. The molecule has 0 spiro atoms. The van der Waals surface area contributed by atoms with Crippen molar-refractivity contribution in [1.29, 1.82) is 0 Å². The average molecular weight is 1290 g/mol. The van der Waals surface area contributed by atoms with E-state index in [2.05, 4.69) is 57.9 Å². The van der Waals surface area contributed by atoms with Gasteiger partial charge in [-0.25, -0.2) is 4.79 Å². The summed E-state index contributed by atoms with van der Waals surface area (Å²) in [5.74, 6) is -0.114. The van der Waals surface area contributed by atoms with Crippen molar-refractivity contribution in [3.8, 4) is 0 Å². The van der Waals surface area contributed by atoms with E-state index in [0.29, 0.717) is 25.4 Å². The minimum absolute atomic E-state index is 0.0557. The van der Waals surface area contributed by atoms with Gasteiger partial charge in [-0.3, -0.25) is 0 Å². The average Bonchev–Trinajstić information content (AvgIpc) is 3.44. The molecular weight excluding hydrogens is 1220 g/mol. The fraction of sp³-hybridized carbons (Fsp3) is 0.362. The van der Waals surface area contributed by atoms with Crippen LogP contribution in [0.4, 0.5) is 0 Å². The number of esters is 1. The summed E-state index contributed by atoms with van der Waals surface area (Å²) in [7, 11) is 1.54. The van der Waals surface area contributed by atoms with Gasteiger partial charge in [-0.15, -0.1) is 11.8 Å². The normalized spacial score (nSPS) is 19.8. The van der Waals surface area contributed by atoms with Gasteiger partial charge in [0.15, 0.2) is 12.4 Å². The highest BCUT2D eigenvalue weighted by molar-refractivity contribution is 14.3. The standard InChI is InChI=1S/C58H65I2O11PS2/c1-4-73-58-55(67-40-47-31-19-9-20-32-47)53(66-39-46-29-17-8-18-30-46)51(64-37-44-25-13-6-14-26-44)49(70-58)41-68-57(62-3)54(71-56(61)48-33-21-10-22-34-48)52(65-38-45-27-15-7-16-28-45)50(42(2)35-69-74-72(59)60)63-36-43-23-11-5-12-24-43/h5-34,42,49-55,57-58H,4,35-41H2,1-3H3. The number of methoxy groups -OCH3 is 1. The number of ether oxygens (including phenoxy) is 9. The lowest BCUT2D eigenvalue weighted by Crippen LogP contribution is -2.61. The van der Waals surface area contributed by atoms with Gasteiger partial charge >= 0.3 is 5.97 Å². The molecule has 1 fully saturated rings. The van der Waals surface area contributed by atoms with E-state index in [-0.39, 0.29) is 32.3 Å². The number of thioether (sulfide) groups is 1. The number of hydrogen-bond acceptors (Lipinski definition) is 13. The van der Waals surface area contributed by atoms with Gasteiger partial charge < -0.3 is 46.8 Å². The SMILES string of the molecule is CCSC1OC(COC(OC)C(OC(=O)c2ccccc2)C(OCc2ccccc2)C(OCc2ccccc2)C(C)COSP(I)I)C(OCc2ccccc2)C(OCc2ccccc2)C1OCc1ccccc1. The first-order valence-corrected chi connectivity index (χ1v) is 34.0. The Bertz CT molecular complexity index is 2450. The minimum atomic E-state index is -1.21. The minimum Gasteiger partial charge on any atom is -0.450 e. The third-order valence-electron chi connectivity index (χ3n) is 12.2. The van der Waals surface area contributed by atoms with Crippen LogP contribution in [0, 0.1) is 5.92 Å². The molecule has 10 atom stereocenters. The molecule has 0 N–H and O–H groups in total. The van der Waals surface area contributed by atoms with Gasteiger partial charge in [0.25, 0.3) is 0 Å². The monoisotopic (exact) mass is 1290 g/mol. The maximum atomic E-state index is 14.5. The molecule has 0 aliphatic carbocycles. The summed E-state index contributed by atoms with van der Waals surface area (Å²) in [5, 5.41) is 0. The Labute approximate surface area is 472 Å². The Morgan fingerprint density at radius 3 is 1.46 bits per heavy atom. The molecule has 1 heterocycles. The van der Waals surface area contributed by atoms with E-state index >= 15 is 0 Å². The lowest BCUT2D eigenvalue weighted by molar-refractivity contribution is -0.277. The van der Waals surface area contributed by atoms with Crippen molar-refractivity contribution in [2.24, 2.45) is 5.92 Å². The molecule has 0 bridgehead atoms. The summed E-state index contributed by atoms with van der Waals surface area (Å²) in [6, 6.07) is 58.9. The van der Waals surface area contributed by atoms with Crippen LogP contribution in [0.3, 0.4) is 0 Å². The smallest absolute Gasteiger partial charge is 0.338 e. The largest absolute Gasteiger partial charge is 0.450 e. The van der Waals surface area contributed by atoms with Crippen LogP contribution in [0.2, 0.25) is 0 Å². The Kier molecular flexibility index (Phi) is 25.9. The number of carbonyl (C=O) groups is 1. The number of rotatable bonds is 31. The van der Waals surface area contributed by atoms with Crippen LogP contribution < -0.4 is 0 Å². The molecular formula is C58H65I2O11PS2. The van der Waals surface area contributed by atoms with E-state index in [1.165, 1.54) is 18.8 Å². The van der Waals surface area contributed by atoms with Gasteiger partial charge in [-0.05, 0) is 89.8 Å². The second-order valence-electron chi connectivity index (χ2n) is 17.5. The highest BCUT2D eigenvalue weighted by atomic mass is 127. The van der Waals surface area contributed by atoms with Crippen molar-refractivity contribution in [3.63, 3.8) is 0 Å². The number of halogens is 2. The zero-order valence-corrected chi connectivity index (χ0v) is 48.6. The van der Waals surface area contributed by atoms with Crippen LogP contribution in [-0.2, 0) is 79.8 Å². The molecule has 394 valence electrons. The molecule has 0 amide bonds. The molecule has 74 heavy (non-hydrogen) atoms. The van der Waals surface area contributed by atoms with Crippen LogP contribution in [0.15, 0.2) is 182 Å². The zero-order valence-electron chi connectivity index (χ0n) is 41.8. The van der Waals surface area contributed by atoms with Gasteiger partial charge in [0, 0.05) is 24.7 Å². The third kappa shape index (κ3) is 18.9. The van der Waals surface area contributed by atoms with Crippen molar-refractivity contribution in [1.82, 2.24) is 0 Å². The predicted molar refractivity (Wildman–Crippen MR) is 312 cm³/mol. The lowest BCUT2D eigenvalue weighted by Gasteiger charge is -2.46. The second-order valence-corrected chi connectivity index (χ2v) is 36.5. The maximum Gasteiger partial charge on any atom is 0.338 e. The van der Waals surface area contributed by atoms with Crippen molar-refractivity contribution in [2.45, 2.75) is 101 Å². The molecule has 1 aliphatic heterocycles. The van der Waals surface area contributed by atoms with Crippen LogP contribution >= 0.6 is 69.9 Å². The molecule has 1 saturated heterocycles. The number of benzene rings is 6. The number of carbonyl (C=O) groups excluding carboxylic acids is 1. The van der Waals surface area contributed by atoms with Gasteiger partial charge in [-0.1, -0.05) is 184 Å². The maximum absolute atomic E-state index is 14.5. The molecule has 11 nitrogen and oxygen atoms in total. The Hall–Kier alpha value is -2.98. The summed E-state index contributed by atoms with van der Waals surface area (Å²) in [4.78, 5) is 14.5. The Morgan fingerprint density at radius 2 is 1.00 bits per heavy atom. The third-order valence-corrected chi connectivity index (χ3v) is 17.1. The van der Waals surface area contributed by atoms with E-state index in [1.807, 2.05) is 158 Å². The molecule has 7 rings (SSSR count). The summed E-state index contributed by atoms with van der Waals surface area (Å²) < 4.78 is 67.6. The van der Waals surface area contributed by atoms with E-state index in [4.69, 9.17) is 46.8 Å². The molecule has 16 heteroatoms. The van der Waals surface area contributed by atoms with Crippen LogP contribution in [-0.4, -0.2) is 86.5 Å². The first-order chi connectivity index (χ1) is 36.3. The molecule has 0 aromatic heterocycles. The first kappa shape index (κ1) is 58.7. The van der Waals surface area contributed by atoms with Gasteiger partial charge in [0.1, 0.15) is 38.4 Å². The van der Waals surface area contributed by atoms with E-state index in [1.54, 1.807) is 36.0 Å². The molecule has 1 aliphatic rings. The molecule has 10 unspecified atom stereocenters. The van der Waals surface area contributed by atoms with Gasteiger partial charge in [-0.2, -0.15) is 0 Å². The van der Waals surface area contributed by atoms with E-state index in [0.717, 1.165) is 33.6 Å². The summed E-state index contributed by atoms with van der Waals surface area (Å²) in [5.41, 5.74) is 4.76. The molecule has 6 aromatic carbocycles. The van der Waals surface area contributed by atoms with E-state index < -0.39 is 62.8 Å². The predicted octanol–water partition coefficient (Wildman–Crippen LogP) is 14.0. The topological polar surface area (TPSA) is 109 Å². The van der Waals surface area contributed by atoms with Crippen LogP contribution in [0.1, 0.15) is 52.0 Å². The Morgan fingerprint density at radius 1 is 0.568 bits per heavy atom. The van der Waals surface area contributed by atoms with Crippen molar-refractivity contribution in [2.75, 3.05) is 26.1 Å². The lowest BCUT2D eigenvalue weighted by atomic mass is 9.95. The van der Waals surface area contributed by atoms with Crippen molar-refractivity contribution < 1.29 is 51.6 Å². The van der Waals surface area contributed by atoms with Gasteiger partial charge in [0.05, 0.1) is 57.9 Å². The van der Waals surface area contributed by atoms with Crippen LogP contribution in [0.25, 0.3) is 0 Å². The quantitative estimate of drug-likeness (QED) is 0.0136.